The predicted molar refractivity (Wildman–Crippen MR) is 52.3 cm³/mol. The third kappa shape index (κ3) is 1.44. The second-order valence-corrected chi connectivity index (χ2v) is 4.06. The summed E-state index contributed by atoms with van der Waals surface area (Å²) in [7, 11) is 0. The van der Waals surface area contributed by atoms with E-state index in [-0.39, 0.29) is 0 Å². The maximum atomic E-state index is 5.41. The summed E-state index contributed by atoms with van der Waals surface area (Å²) in [6.07, 6.45) is 0. The largest absolute Gasteiger partial charge is 0.459 e. The highest BCUT2D eigenvalue weighted by molar-refractivity contribution is 9.10. The molecule has 2 heterocycles. The number of halogens is 1. The second-order valence-electron chi connectivity index (χ2n) is 2.39. The lowest BCUT2D eigenvalue weighted by atomic mass is 10.4. The highest BCUT2D eigenvalue weighted by atomic mass is 79.9. The van der Waals surface area contributed by atoms with Crippen LogP contribution in [0.1, 0.15) is 5.76 Å². The Kier molecular flexibility index (Phi) is 2.02. The highest BCUT2D eigenvalue weighted by Crippen LogP contribution is 2.27. The molecule has 0 aliphatic rings. The van der Waals surface area contributed by atoms with Gasteiger partial charge in [-0.3, -0.25) is 0 Å². The molecule has 0 radical (unpaired) electrons. The molecule has 0 aromatic carbocycles. The smallest absolute Gasteiger partial charge is 0.162 e. The van der Waals surface area contributed by atoms with Gasteiger partial charge in [-0.05, 0) is 35.0 Å². The Morgan fingerprint density at radius 1 is 1.50 bits per heavy atom. The van der Waals surface area contributed by atoms with E-state index in [9.17, 15) is 0 Å². The quantitative estimate of drug-likeness (QED) is 0.767. The van der Waals surface area contributed by atoms with Gasteiger partial charge in [-0.2, -0.15) is 0 Å². The molecule has 0 unspecified atom stereocenters. The van der Waals surface area contributed by atoms with E-state index in [0.717, 1.165) is 21.1 Å². The minimum Gasteiger partial charge on any atom is -0.459 e. The van der Waals surface area contributed by atoms with E-state index in [1.807, 2.05) is 24.4 Å². The molecule has 62 valence electrons. The van der Waals surface area contributed by atoms with Gasteiger partial charge in [0.1, 0.15) is 10.4 Å². The van der Waals surface area contributed by atoms with E-state index in [2.05, 4.69) is 20.9 Å². The van der Waals surface area contributed by atoms with E-state index >= 15 is 0 Å². The van der Waals surface area contributed by atoms with Gasteiger partial charge in [0.05, 0.1) is 0 Å². The minimum atomic E-state index is 0.836. The van der Waals surface area contributed by atoms with Gasteiger partial charge in [0.25, 0.3) is 0 Å². The first kappa shape index (κ1) is 8.01. The number of thiazole rings is 1. The monoisotopic (exact) mass is 243 g/mol. The zero-order valence-electron chi connectivity index (χ0n) is 6.37. The molecular weight excluding hydrogens is 238 g/mol. The average Bonchev–Trinajstić information content (AvgIpc) is 2.58. The van der Waals surface area contributed by atoms with Gasteiger partial charge < -0.3 is 4.42 Å². The first-order valence-electron chi connectivity index (χ1n) is 3.43. The van der Waals surface area contributed by atoms with Crippen molar-refractivity contribution in [2.24, 2.45) is 0 Å². The van der Waals surface area contributed by atoms with Crippen LogP contribution in [0.15, 0.2) is 26.5 Å². The number of aromatic nitrogens is 1. The Balaban J connectivity index is 2.43. The van der Waals surface area contributed by atoms with Gasteiger partial charge in [0.2, 0.25) is 0 Å². The van der Waals surface area contributed by atoms with E-state index < -0.39 is 0 Å². The molecule has 0 spiro atoms. The second kappa shape index (κ2) is 3.03. The van der Waals surface area contributed by atoms with Crippen LogP contribution in [0.4, 0.5) is 0 Å². The van der Waals surface area contributed by atoms with Crippen LogP contribution in [0.25, 0.3) is 10.8 Å². The van der Waals surface area contributed by atoms with E-state index in [1.165, 1.54) is 0 Å². The lowest BCUT2D eigenvalue weighted by molar-refractivity contribution is 0.548. The fraction of sp³-hybridized carbons (Fsp3) is 0.125. The van der Waals surface area contributed by atoms with Crippen molar-refractivity contribution in [2.75, 3.05) is 0 Å². The van der Waals surface area contributed by atoms with Gasteiger partial charge in [0, 0.05) is 5.38 Å². The van der Waals surface area contributed by atoms with Crippen LogP contribution in [-0.2, 0) is 0 Å². The molecule has 2 nitrogen and oxygen atoms in total. The predicted octanol–water partition coefficient (Wildman–Crippen LogP) is 3.47. The summed E-state index contributed by atoms with van der Waals surface area (Å²) in [5, 5.41) is 2.85. The fourth-order valence-electron chi connectivity index (χ4n) is 0.917. The summed E-state index contributed by atoms with van der Waals surface area (Å²) in [6, 6.07) is 3.87. The van der Waals surface area contributed by atoms with Crippen LogP contribution in [-0.4, -0.2) is 4.98 Å². The molecule has 0 atom stereocenters. The number of nitrogens with zero attached hydrogens (tertiary/aromatic N) is 1. The standard InChI is InChI=1S/C8H6BrNOS/c1-5-2-3-6(11-5)8-10-7(9)4-12-8/h2-4H,1H3. The van der Waals surface area contributed by atoms with Crippen molar-refractivity contribution >= 4 is 27.3 Å². The average molecular weight is 244 g/mol. The van der Waals surface area contributed by atoms with Crippen LogP contribution in [0.2, 0.25) is 0 Å². The van der Waals surface area contributed by atoms with Crippen LogP contribution >= 0.6 is 27.3 Å². The van der Waals surface area contributed by atoms with E-state index in [4.69, 9.17) is 4.42 Å². The van der Waals surface area contributed by atoms with Gasteiger partial charge in [-0.1, -0.05) is 0 Å². The highest BCUT2D eigenvalue weighted by Gasteiger charge is 2.05. The SMILES string of the molecule is Cc1ccc(-c2nc(Br)cs2)o1. The molecule has 0 N–H and O–H groups in total. The minimum absolute atomic E-state index is 0.836. The fourth-order valence-corrected chi connectivity index (χ4v) is 2.13. The van der Waals surface area contributed by atoms with E-state index in [1.54, 1.807) is 11.3 Å². The molecule has 4 heteroatoms. The molecule has 2 aromatic rings. The van der Waals surface area contributed by atoms with Crippen molar-refractivity contribution < 1.29 is 4.42 Å². The van der Waals surface area contributed by atoms with Gasteiger partial charge >= 0.3 is 0 Å². The zero-order valence-corrected chi connectivity index (χ0v) is 8.78. The summed E-state index contributed by atoms with van der Waals surface area (Å²) in [5.74, 6) is 1.75. The maximum Gasteiger partial charge on any atom is 0.162 e. The Morgan fingerprint density at radius 2 is 2.33 bits per heavy atom. The maximum absolute atomic E-state index is 5.41. The number of hydrogen-bond acceptors (Lipinski definition) is 3. The molecule has 0 saturated carbocycles. The van der Waals surface area contributed by atoms with E-state index in [0.29, 0.717) is 0 Å². The summed E-state index contributed by atoms with van der Waals surface area (Å²) in [4.78, 5) is 4.24. The number of aryl methyl sites for hydroxylation is 1. The van der Waals surface area contributed by atoms with Gasteiger partial charge in [-0.15, -0.1) is 11.3 Å². The number of furan rings is 1. The molecule has 0 bridgehead atoms. The third-order valence-electron chi connectivity index (χ3n) is 1.43. The van der Waals surface area contributed by atoms with Gasteiger partial charge in [0.15, 0.2) is 10.8 Å². The van der Waals surface area contributed by atoms with Crippen molar-refractivity contribution in [1.82, 2.24) is 4.98 Å². The molecule has 0 saturated heterocycles. The molecular formula is C8H6BrNOS. The first-order chi connectivity index (χ1) is 5.75. The van der Waals surface area contributed by atoms with Gasteiger partial charge in [-0.25, -0.2) is 4.98 Å². The van der Waals surface area contributed by atoms with Crippen LogP contribution in [0, 0.1) is 6.92 Å². The zero-order chi connectivity index (χ0) is 8.55. The van der Waals surface area contributed by atoms with Crippen LogP contribution in [0.5, 0.6) is 0 Å². The van der Waals surface area contributed by atoms with Crippen molar-refractivity contribution in [3.05, 3.63) is 27.9 Å². The third-order valence-corrected chi connectivity index (χ3v) is 2.99. The summed E-state index contributed by atoms with van der Waals surface area (Å²) < 4.78 is 6.27. The lowest BCUT2D eigenvalue weighted by Gasteiger charge is -1.86. The van der Waals surface area contributed by atoms with Crippen molar-refractivity contribution in [3.63, 3.8) is 0 Å². The van der Waals surface area contributed by atoms with Crippen molar-refractivity contribution in [2.45, 2.75) is 6.92 Å². The topological polar surface area (TPSA) is 26.0 Å². The van der Waals surface area contributed by atoms with Crippen LogP contribution in [0.3, 0.4) is 0 Å². The molecule has 2 aromatic heterocycles. The number of hydrogen-bond donors (Lipinski definition) is 0. The molecule has 0 aliphatic carbocycles. The number of rotatable bonds is 1. The molecule has 2 rings (SSSR count). The Bertz CT molecular complexity index is 355. The normalized spacial score (nSPS) is 10.5. The summed E-state index contributed by atoms with van der Waals surface area (Å²) >= 11 is 4.86. The Hall–Kier alpha value is -0.610. The summed E-state index contributed by atoms with van der Waals surface area (Å²) in [5.41, 5.74) is 0. The molecule has 0 aliphatic heterocycles. The van der Waals surface area contributed by atoms with Crippen LogP contribution < -0.4 is 0 Å². The van der Waals surface area contributed by atoms with Crippen molar-refractivity contribution in [1.29, 1.82) is 0 Å². The Morgan fingerprint density at radius 3 is 2.83 bits per heavy atom. The molecule has 0 fully saturated rings. The Labute approximate surface area is 82.4 Å². The lowest BCUT2D eigenvalue weighted by Crippen LogP contribution is -1.68. The van der Waals surface area contributed by atoms with Crippen molar-refractivity contribution in [3.8, 4) is 10.8 Å². The first-order valence-corrected chi connectivity index (χ1v) is 5.11. The molecule has 0 amide bonds. The molecule has 12 heavy (non-hydrogen) atoms. The summed E-state index contributed by atoms with van der Waals surface area (Å²) in [6.45, 7) is 1.92.